The number of rotatable bonds is 5. The van der Waals surface area contributed by atoms with Crippen LogP contribution >= 0.6 is 11.3 Å². The molecule has 0 aliphatic heterocycles. The lowest BCUT2D eigenvalue weighted by molar-refractivity contribution is -0.120. The van der Waals surface area contributed by atoms with Crippen molar-refractivity contribution in [2.24, 2.45) is 5.84 Å². The lowest BCUT2D eigenvalue weighted by Gasteiger charge is -2.16. The first-order valence-corrected chi connectivity index (χ1v) is 7.99. The largest absolute Gasteiger partial charge is 0.273 e. The smallest absolute Gasteiger partial charge is 0.244 e. The molecule has 1 amide bonds. The van der Waals surface area contributed by atoms with Gasteiger partial charge in [0.05, 0.1) is 12.1 Å². The summed E-state index contributed by atoms with van der Waals surface area (Å²) in [5.74, 6) is 5.71. The van der Waals surface area contributed by atoms with E-state index < -0.39 is 0 Å². The Morgan fingerprint density at radius 1 is 1.09 bits per heavy atom. The van der Waals surface area contributed by atoms with Crippen molar-refractivity contribution in [3.8, 4) is 11.3 Å². The molecule has 0 fully saturated rings. The van der Waals surface area contributed by atoms with Crippen LogP contribution in [0.5, 0.6) is 0 Å². The molecule has 0 aliphatic carbocycles. The number of aromatic nitrogens is 1. The van der Waals surface area contributed by atoms with Gasteiger partial charge in [-0.25, -0.2) is 10.8 Å². The number of hydrogen-bond donors (Lipinski definition) is 2. The molecule has 0 radical (unpaired) electrons. The maximum atomic E-state index is 12.0. The zero-order valence-electron chi connectivity index (χ0n) is 12.3. The van der Waals surface area contributed by atoms with Crippen molar-refractivity contribution in [3.05, 3.63) is 71.6 Å². The minimum atomic E-state index is -0.185. The van der Waals surface area contributed by atoms with Crippen molar-refractivity contribution < 1.29 is 4.79 Å². The molecule has 0 spiro atoms. The maximum Gasteiger partial charge on any atom is 0.244 e. The van der Waals surface area contributed by atoms with E-state index in [1.807, 2.05) is 66.0 Å². The Labute approximate surface area is 138 Å². The van der Waals surface area contributed by atoms with Gasteiger partial charge in [0.2, 0.25) is 11.0 Å². The van der Waals surface area contributed by atoms with Gasteiger partial charge in [0.25, 0.3) is 0 Å². The quantitative estimate of drug-likeness (QED) is 0.559. The first-order chi connectivity index (χ1) is 11.2. The summed E-state index contributed by atoms with van der Waals surface area (Å²) in [6.45, 7) is 0. The summed E-state index contributed by atoms with van der Waals surface area (Å²) < 4.78 is 0. The Hall–Kier alpha value is -2.70. The Morgan fingerprint density at radius 2 is 1.74 bits per heavy atom. The summed E-state index contributed by atoms with van der Waals surface area (Å²) in [7, 11) is 0. The zero-order valence-corrected chi connectivity index (χ0v) is 13.2. The average Bonchev–Trinajstić information content (AvgIpc) is 3.06. The number of thiazole rings is 1. The number of anilines is 1. The van der Waals surface area contributed by atoms with Gasteiger partial charge in [-0.05, 0) is 5.56 Å². The lowest BCUT2D eigenvalue weighted by Crippen LogP contribution is -2.48. The monoisotopic (exact) mass is 324 g/mol. The van der Waals surface area contributed by atoms with Crippen LogP contribution in [-0.4, -0.2) is 10.9 Å². The zero-order chi connectivity index (χ0) is 16.1. The van der Waals surface area contributed by atoms with Crippen LogP contribution < -0.4 is 16.4 Å². The van der Waals surface area contributed by atoms with Crippen molar-refractivity contribution in [2.45, 2.75) is 6.42 Å². The minimum Gasteiger partial charge on any atom is -0.273 e. The number of carbonyl (C=O) groups excluding carboxylic acids is 1. The molecule has 0 aliphatic rings. The van der Waals surface area contributed by atoms with Crippen molar-refractivity contribution in [2.75, 3.05) is 5.12 Å². The molecule has 0 bridgehead atoms. The number of nitrogens with two attached hydrogens (primary N) is 1. The Bertz CT molecular complexity index is 774. The van der Waals surface area contributed by atoms with Crippen molar-refractivity contribution >= 4 is 22.4 Å². The van der Waals surface area contributed by atoms with Gasteiger partial charge in [0.1, 0.15) is 0 Å². The summed E-state index contributed by atoms with van der Waals surface area (Å²) in [6.07, 6.45) is 0.269. The van der Waals surface area contributed by atoms with Crippen LogP contribution in [-0.2, 0) is 11.2 Å². The lowest BCUT2D eigenvalue weighted by atomic mass is 10.1. The summed E-state index contributed by atoms with van der Waals surface area (Å²) in [6, 6.07) is 19.3. The highest BCUT2D eigenvalue weighted by molar-refractivity contribution is 7.14. The number of hydrogen-bond acceptors (Lipinski definition) is 5. The Morgan fingerprint density at radius 3 is 2.43 bits per heavy atom. The SMILES string of the molecule is NN(NC(=O)Cc1ccccc1)c1nc(-c2ccccc2)cs1. The van der Waals surface area contributed by atoms with Gasteiger partial charge < -0.3 is 0 Å². The first kappa shape index (κ1) is 15.2. The molecule has 1 heterocycles. The third-order valence-corrected chi connectivity index (χ3v) is 4.06. The fourth-order valence-electron chi connectivity index (χ4n) is 2.12. The topological polar surface area (TPSA) is 71.2 Å². The van der Waals surface area contributed by atoms with Crippen LogP contribution in [0.1, 0.15) is 5.56 Å². The van der Waals surface area contributed by atoms with Gasteiger partial charge >= 0.3 is 0 Å². The molecule has 116 valence electrons. The molecule has 23 heavy (non-hydrogen) atoms. The second-order valence-corrected chi connectivity index (χ2v) is 5.79. The second-order valence-electron chi connectivity index (χ2n) is 4.95. The molecule has 3 N–H and O–H groups in total. The molecule has 0 saturated carbocycles. The van der Waals surface area contributed by atoms with Crippen molar-refractivity contribution in [3.63, 3.8) is 0 Å². The highest BCUT2D eigenvalue weighted by atomic mass is 32.1. The van der Waals surface area contributed by atoms with Crippen LogP contribution in [0.3, 0.4) is 0 Å². The third kappa shape index (κ3) is 3.94. The van der Waals surface area contributed by atoms with E-state index in [0.717, 1.165) is 16.8 Å². The van der Waals surface area contributed by atoms with Gasteiger partial charge in [-0.1, -0.05) is 60.7 Å². The molecule has 1 aromatic heterocycles. The van der Waals surface area contributed by atoms with Crippen LogP contribution in [0.2, 0.25) is 0 Å². The van der Waals surface area contributed by atoms with E-state index >= 15 is 0 Å². The number of nitrogens with one attached hydrogen (secondary N) is 1. The van der Waals surface area contributed by atoms with Gasteiger partial charge in [-0.2, -0.15) is 5.12 Å². The second kappa shape index (κ2) is 7.04. The average molecular weight is 324 g/mol. The molecule has 0 unspecified atom stereocenters. The molecular weight excluding hydrogens is 308 g/mol. The maximum absolute atomic E-state index is 12.0. The van der Waals surface area contributed by atoms with Crippen molar-refractivity contribution in [1.82, 2.24) is 10.4 Å². The van der Waals surface area contributed by atoms with E-state index in [-0.39, 0.29) is 12.3 Å². The van der Waals surface area contributed by atoms with Gasteiger partial charge in [-0.3, -0.25) is 10.2 Å². The number of amides is 1. The van der Waals surface area contributed by atoms with Crippen LogP contribution in [0.25, 0.3) is 11.3 Å². The van der Waals surface area contributed by atoms with E-state index in [9.17, 15) is 4.79 Å². The minimum absolute atomic E-state index is 0.185. The van der Waals surface area contributed by atoms with Crippen LogP contribution in [0.15, 0.2) is 66.0 Å². The van der Waals surface area contributed by atoms with E-state index in [1.165, 1.54) is 16.5 Å². The number of benzene rings is 2. The summed E-state index contributed by atoms with van der Waals surface area (Å²) in [5.41, 5.74) is 5.41. The Balaban J connectivity index is 1.63. The predicted molar refractivity (Wildman–Crippen MR) is 92.5 cm³/mol. The molecular formula is C17H16N4OS. The molecule has 5 nitrogen and oxygen atoms in total. The predicted octanol–water partition coefficient (Wildman–Crippen LogP) is 2.76. The van der Waals surface area contributed by atoms with Crippen LogP contribution in [0.4, 0.5) is 5.13 Å². The van der Waals surface area contributed by atoms with E-state index in [4.69, 9.17) is 5.84 Å². The first-order valence-electron chi connectivity index (χ1n) is 7.11. The molecule has 0 atom stereocenters. The normalized spacial score (nSPS) is 10.3. The Kier molecular flexibility index (Phi) is 4.65. The fourth-order valence-corrected chi connectivity index (χ4v) is 2.84. The highest BCUT2D eigenvalue weighted by Gasteiger charge is 2.12. The summed E-state index contributed by atoms with van der Waals surface area (Å²) in [4.78, 5) is 16.5. The third-order valence-electron chi connectivity index (χ3n) is 3.22. The standard InChI is InChI=1S/C17H16N4OS/c18-21(20-16(22)11-13-7-3-1-4-8-13)17-19-15(12-23-17)14-9-5-2-6-10-14/h1-10,12H,11,18H2,(H,20,22). The number of nitrogens with zero attached hydrogens (tertiary/aromatic N) is 2. The van der Waals surface area contributed by atoms with Gasteiger partial charge in [0, 0.05) is 10.9 Å². The van der Waals surface area contributed by atoms with Crippen LogP contribution in [0, 0.1) is 0 Å². The highest BCUT2D eigenvalue weighted by Crippen LogP contribution is 2.25. The van der Waals surface area contributed by atoms with E-state index in [0.29, 0.717) is 5.13 Å². The summed E-state index contributed by atoms with van der Waals surface area (Å²) >= 11 is 1.38. The summed E-state index contributed by atoms with van der Waals surface area (Å²) in [5, 5.41) is 3.61. The molecule has 2 aromatic carbocycles. The van der Waals surface area contributed by atoms with Gasteiger partial charge in [-0.15, -0.1) is 11.3 Å². The molecule has 0 saturated heterocycles. The number of carbonyl (C=O) groups is 1. The molecule has 3 aromatic rings. The van der Waals surface area contributed by atoms with Gasteiger partial charge in [0.15, 0.2) is 0 Å². The molecule has 6 heteroatoms. The number of hydrazine groups is 2. The van der Waals surface area contributed by atoms with E-state index in [2.05, 4.69) is 10.4 Å². The van der Waals surface area contributed by atoms with Crippen molar-refractivity contribution in [1.29, 1.82) is 0 Å². The fraction of sp³-hybridized carbons (Fsp3) is 0.0588. The molecule has 3 rings (SSSR count). The van der Waals surface area contributed by atoms with E-state index in [1.54, 1.807) is 0 Å².